The third-order valence-electron chi connectivity index (χ3n) is 3.93. The second-order valence-corrected chi connectivity index (χ2v) is 6.60. The summed E-state index contributed by atoms with van der Waals surface area (Å²) in [5, 5.41) is 1.18. The molecule has 1 amide bonds. The Morgan fingerprint density at radius 1 is 1.50 bits per heavy atom. The van der Waals surface area contributed by atoms with Gasteiger partial charge >= 0.3 is 0 Å². The predicted octanol–water partition coefficient (Wildman–Crippen LogP) is 3.11. The van der Waals surface area contributed by atoms with Crippen LogP contribution in [-0.4, -0.2) is 33.9 Å². The lowest BCUT2D eigenvalue weighted by Crippen LogP contribution is -2.39. The van der Waals surface area contributed by atoms with Crippen molar-refractivity contribution < 1.29 is 4.79 Å². The monoisotopic (exact) mass is 289 g/mol. The number of aromatic nitrogens is 2. The van der Waals surface area contributed by atoms with Gasteiger partial charge in [0.2, 0.25) is 0 Å². The molecule has 1 atom stereocenters. The number of carbonyl (C=O) groups is 1. The van der Waals surface area contributed by atoms with Gasteiger partial charge < -0.3 is 9.88 Å². The quantitative estimate of drug-likeness (QED) is 0.923. The molecule has 0 spiro atoms. The number of nitrogens with zero attached hydrogens (tertiary/aromatic N) is 2. The zero-order valence-electron chi connectivity index (χ0n) is 11.8. The van der Waals surface area contributed by atoms with Crippen molar-refractivity contribution in [2.45, 2.75) is 32.6 Å². The number of hydrogen-bond acceptors (Lipinski definition) is 3. The van der Waals surface area contributed by atoms with E-state index in [1.807, 2.05) is 17.0 Å². The lowest BCUT2D eigenvalue weighted by molar-refractivity contribution is 0.0702. The third kappa shape index (κ3) is 2.50. The van der Waals surface area contributed by atoms with Gasteiger partial charge in [-0.2, -0.15) is 0 Å². The van der Waals surface area contributed by atoms with Crippen molar-refractivity contribution in [1.82, 2.24) is 14.9 Å². The lowest BCUT2D eigenvalue weighted by atomic mass is 9.98. The maximum absolute atomic E-state index is 12.4. The zero-order valence-corrected chi connectivity index (χ0v) is 12.7. The fraction of sp³-hybridized carbons (Fsp3) is 0.467. The van der Waals surface area contributed by atoms with Crippen molar-refractivity contribution in [2.24, 2.45) is 0 Å². The molecule has 1 N–H and O–H groups in total. The van der Waals surface area contributed by atoms with Crippen molar-refractivity contribution in [3.8, 4) is 0 Å². The summed E-state index contributed by atoms with van der Waals surface area (Å²) in [7, 11) is 0. The van der Waals surface area contributed by atoms with Crippen LogP contribution in [0.5, 0.6) is 0 Å². The van der Waals surface area contributed by atoms with Gasteiger partial charge in [0.05, 0.1) is 10.7 Å². The maximum atomic E-state index is 12.4. The highest BCUT2D eigenvalue weighted by molar-refractivity contribution is 7.11. The first kappa shape index (κ1) is 13.4. The molecule has 0 bridgehead atoms. The van der Waals surface area contributed by atoms with Crippen LogP contribution in [0.4, 0.5) is 0 Å². The van der Waals surface area contributed by atoms with Gasteiger partial charge in [-0.3, -0.25) is 4.79 Å². The van der Waals surface area contributed by atoms with E-state index in [9.17, 15) is 4.79 Å². The van der Waals surface area contributed by atoms with E-state index in [-0.39, 0.29) is 5.91 Å². The molecule has 1 aliphatic heterocycles. The second kappa shape index (κ2) is 5.40. The minimum Gasteiger partial charge on any atom is -0.357 e. The highest BCUT2D eigenvalue weighted by Gasteiger charge is 2.27. The van der Waals surface area contributed by atoms with Crippen LogP contribution in [-0.2, 0) is 0 Å². The number of piperidine rings is 1. The van der Waals surface area contributed by atoms with Crippen LogP contribution >= 0.6 is 11.3 Å². The first-order valence-corrected chi connectivity index (χ1v) is 7.83. The highest BCUT2D eigenvalue weighted by Crippen LogP contribution is 2.31. The number of hydrogen-bond donors (Lipinski definition) is 1. The average molecular weight is 289 g/mol. The Hall–Kier alpha value is -1.62. The smallest absolute Gasteiger partial charge is 0.270 e. The van der Waals surface area contributed by atoms with E-state index in [4.69, 9.17) is 0 Å². The number of nitrogens with one attached hydrogen (secondary N) is 1. The highest BCUT2D eigenvalue weighted by atomic mass is 32.1. The molecule has 3 heterocycles. The molecule has 20 heavy (non-hydrogen) atoms. The molecule has 1 saturated heterocycles. The van der Waals surface area contributed by atoms with Gasteiger partial charge in [0, 0.05) is 30.1 Å². The van der Waals surface area contributed by atoms with Crippen molar-refractivity contribution in [3.05, 3.63) is 39.6 Å². The Bertz CT molecular complexity index is 583. The van der Waals surface area contributed by atoms with Crippen LogP contribution in [0.3, 0.4) is 0 Å². The van der Waals surface area contributed by atoms with Gasteiger partial charge in [-0.15, -0.1) is 11.3 Å². The number of rotatable bonds is 2. The van der Waals surface area contributed by atoms with Crippen molar-refractivity contribution in [1.29, 1.82) is 0 Å². The summed E-state index contributed by atoms with van der Waals surface area (Å²) in [6, 6.07) is 3.70. The summed E-state index contributed by atoms with van der Waals surface area (Å²) >= 11 is 1.78. The standard InChI is InChI=1S/C15H19N3OS/c1-10-11(2)20-14(17-10)12-5-4-8-18(9-12)15(19)13-6-3-7-16-13/h3,6-7,12,16H,4-5,8-9H2,1-2H3/t12-/m0/s1. The molecule has 2 aromatic heterocycles. The van der Waals surface area contributed by atoms with Crippen LogP contribution in [0.2, 0.25) is 0 Å². The van der Waals surface area contributed by atoms with Crippen LogP contribution in [0, 0.1) is 13.8 Å². The number of H-pyrrole nitrogens is 1. The predicted molar refractivity (Wildman–Crippen MR) is 80.3 cm³/mol. The SMILES string of the molecule is Cc1nc([C@H]2CCCN(C(=O)c3ccc[nH]3)C2)sc1C. The fourth-order valence-corrected chi connectivity index (χ4v) is 3.72. The number of carbonyl (C=O) groups excluding carboxylic acids is 1. The number of likely N-dealkylation sites (tertiary alicyclic amines) is 1. The van der Waals surface area contributed by atoms with Gasteiger partial charge in [0.1, 0.15) is 5.69 Å². The first-order chi connectivity index (χ1) is 9.65. The molecule has 0 saturated carbocycles. The molecule has 0 aromatic carbocycles. The van der Waals surface area contributed by atoms with E-state index in [0.717, 1.165) is 31.6 Å². The molecule has 1 aliphatic rings. The molecule has 3 rings (SSSR count). The lowest BCUT2D eigenvalue weighted by Gasteiger charge is -2.31. The summed E-state index contributed by atoms with van der Waals surface area (Å²) in [6.45, 7) is 5.79. The maximum Gasteiger partial charge on any atom is 0.270 e. The zero-order chi connectivity index (χ0) is 14.1. The van der Waals surface area contributed by atoms with Gasteiger partial charge in [-0.25, -0.2) is 4.98 Å². The second-order valence-electron chi connectivity index (χ2n) is 5.37. The molecule has 0 unspecified atom stereocenters. The Labute approximate surface area is 122 Å². The summed E-state index contributed by atoms with van der Waals surface area (Å²) in [6.07, 6.45) is 3.97. The summed E-state index contributed by atoms with van der Waals surface area (Å²) < 4.78 is 0. The average Bonchev–Trinajstić information content (AvgIpc) is 3.09. The van der Waals surface area contributed by atoms with Gasteiger partial charge in [0.15, 0.2) is 0 Å². The summed E-state index contributed by atoms with van der Waals surface area (Å²) in [5.41, 5.74) is 1.80. The molecule has 106 valence electrons. The topological polar surface area (TPSA) is 49.0 Å². The van der Waals surface area contributed by atoms with Gasteiger partial charge in [-0.1, -0.05) is 0 Å². The molecule has 0 aliphatic carbocycles. The Kier molecular flexibility index (Phi) is 3.61. The van der Waals surface area contributed by atoms with E-state index in [2.05, 4.69) is 23.8 Å². The van der Waals surface area contributed by atoms with Crippen molar-refractivity contribution in [2.75, 3.05) is 13.1 Å². The minimum absolute atomic E-state index is 0.102. The van der Waals surface area contributed by atoms with E-state index >= 15 is 0 Å². The Morgan fingerprint density at radius 3 is 3.00 bits per heavy atom. The molecule has 0 radical (unpaired) electrons. The fourth-order valence-electron chi connectivity index (χ4n) is 2.67. The molecule has 4 nitrogen and oxygen atoms in total. The molecule has 1 fully saturated rings. The Balaban J connectivity index is 1.75. The van der Waals surface area contributed by atoms with Crippen LogP contribution < -0.4 is 0 Å². The van der Waals surface area contributed by atoms with Crippen LogP contribution in [0.1, 0.15) is 44.8 Å². The van der Waals surface area contributed by atoms with Crippen molar-refractivity contribution in [3.63, 3.8) is 0 Å². The van der Waals surface area contributed by atoms with Gasteiger partial charge in [0.25, 0.3) is 5.91 Å². The van der Waals surface area contributed by atoms with Gasteiger partial charge in [-0.05, 0) is 38.8 Å². The summed E-state index contributed by atoms with van der Waals surface area (Å²) in [4.78, 5) is 23.3. The van der Waals surface area contributed by atoms with E-state index in [0.29, 0.717) is 11.6 Å². The summed E-state index contributed by atoms with van der Waals surface area (Å²) in [5.74, 6) is 0.491. The number of aryl methyl sites for hydroxylation is 2. The van der Waals surface area contributed by atoms with E-state index in [1.54, 1.807) is 17.5 Å². The molecule has 5 heteroatoms. The molecular formula is C15H19N3OS. The molecule has 2 aromatic rings. The Morgan fingerprint density at radius 2 is 2.35 bits per heavy atom. The first-order valence-electron chi connectivity index (χ1n) is 7.01. The number of aromatic amines is 1. The van der Waals surface area contributed by atoms with Crippen molar-refractivity contribution >= 4 is 17.2 Å². The van der Waals surface area contributed by atoms with Crippen LogP contribution in [0.25, 0.3) is 0 Å². The number of thiazole rings is 1. The van der Waals surface area contributed by atoms with E-state index in [1.165, 1.54) is 9.88 Å². The molecular weight excluding hydrogens is 270 g/mol. The largest absolute Gasteiger partial charge is 0.357 e. The van der Waals surface area contributed by atoms with E-state index < -0.39 is 0 Å². The third-order valence-corrected chi connectivity index (χ3v) is 5.17. The normalized spacial score (nSPS) is 19.3. The van der Waals surface area contributed by atoms with Crippen LogP contribution in [0.15, 0.2) is 18.3 Å². The number of amides is 1. The minimum atomic E-state index is 0.102.